The number of pyridine rings is 1. The Morgan fingerprint density at radius 3 is 2.47 bits per heavy atom. The summed E-state index contributed by atoms with van der Waals surface area (Å²) in [5.41, 5.74) is 9.51. The summed E-state index contributed by atoms with van der Waals surface area (Å²) in [6.45, 7) is 13.6. The van der Waals surface area contributed by atoms with E-state index in [9.17, 15) is 0 Å². The minimum absolute atomic E-state index is 0. The van der Waals surface area contributed by atoms with E-state index in [0.29, 0.717) is 12.5 Å². The fraction of sp³-hybridized carbons (Fsp3) is 0.273. The molecule has 3 aromatic carbocycles. The van der Waals surface area contributed by atoms with Crippen LogP contribution in [-0.4, -0.2) is 28.1 Å². The predicted octanol–water partition coefficient (Wildman–Crippen LogP) is 7.52. The van der Waals surface area contributed by atoms with Crippen molar-refractivity contribution in [2.45, 2.75) is 53.0 Å². The molecular formula is C33H31N3OPt. The van der Waals surface area contributed by atoms with Gasteiger partial charge in [-0.2, -0.15) is 0 Å². The molecule has 0 radical (unpaired) electrons. The van der Waals surface area contributed by atoms with E-state index in [1.165, 1.54) is 10.9 Å². The van der Waals surface area contributed by atoms with Crippen molar-refractivity contribution in [2.24, 2.45) is 4.99 Å². The van der Waals surface area contributed by atoms with Gasteiger partial charge in [0.1, 0.15) is 5.90 Å². The van der Waals surface area contributed by atoms with Gasteiger partial charge in [-0.3, -0.25) is 4.99 Å². The third kappa shape index (κ3) is 4.50. The van der Waals surface area contributed by atoms with Gasteiger partial charge >= 0.3 is 21.1 Å². The fourth-order valence-corrected chi connectivity index (χ4v) is 5.16. The first-order valence-electron chi connectivity index (χ1n) is 12.9. The third-order valence-electron chi connectivity index (χ3n) is 7.17. The molecule has 1 atom stereocenters. The SMILES string of the molecule is Cc1cc(C)c(-n2c3[c-]c(-c4cc(C(C)(C)C)ccn4)ccc3c3ccccc32)[c-]c1C1=N[C@H](C)CO1.[Pt+2]. The van der Waals surface area contributed by atoms with Gasteiger partial charge in [0, 0.05) is 11.7 Å². The minimum atomic E-state index is 0. The summed E-state index contributed by atoms with van der Waals surface area (Å²) in [6.07, 6.45) is 1.90. The maximum atomic E-state index is 5.93. The largest absolute Gasteiger partial charge is 2.00 e. The molecule has 6 rings (SSSR count). The molecule has 0 bridgehead atoms. The van der Waals surface area contributed by atoms with E-state index in [0.717, 1.165) is 50.1 Å². The maximum absolute atomic E-state index is 5.93. The van der Waals surface area contributed by atoms with Gasteiger partial charge < -0.3 is 14.3 Å². The number of benzene rings is 3. The number of fused-ring (bicyclic) bond motifs is 3. The normalized spacial score (nSPS) is 15.4. The van der Waals surface area contributed by atoms with Gasteiger partial charge in [0.15, 0.2) is 0 Å². The molecule has 0 saturated carbocycles. The Morgan fingerprint density at radius 1 is 0.947 bits per heavy atom. The van der Waals surface area contributed by atoms with Crippen molar-refractivity contribution in [3.8, 4) is 16.9 Å². The number of hydrogen-bond donors (Lipinski definition) is 0. The molecule has 2 aromatic heterocycles. The molecule has 0 N–H and O–H groups in total. The monoisotopic (exact) mass is 680 g/mol. The molecular weight excluding hydrogens is 649 g/mol. The van der Waals surface area contributed by atoms with Crippen molar-refractivity contribution in [1.29, 1.82) is 0 Å². The van der Waals surface area contributed by atoms with Crippen LogP contribution < -0.4 is 0 Å². The Kier molecular flexibility index (Phi) is 6.82. The van der Waals surface area contributed by atoms with E-state index in [4.69, 9.17) is 14.7 Å². The zero-order valence-corrected chi connectivity index (χ0v) is 24.9. The predicted molar refractivity (Wildman–Crippen MR) is 152 cm³/mol. The zero-order valence-electron chi connectivity index (χ0n) is 22.6. The Bertz CT molecular complexity index is 1710. The van der Waals surface area contributed by atoms with Crippen LogP contribution in [0.15, 0.2) is 65.8 Å². The van der Waals surface area contributed by atoms with E-state index in [1.807, 2.05) is 6.20 Å². The zero-order chi connectivity index (χ0) is 25.9. The van der Waals surface area contributed by atoms with E-state index in [1.54, 1.807) is 0 Å². The van der Waals surface area contributed by atoms with Gasteiger partial charge in [-0.05, 0) is 52.3 Å². The summed E-state index contributed by atoms with van der Waals surface area (Å²) in [7, 11) is 0. The topological polar surface area (TPSA) is 39.4 Å². The summed E-state index contributed by atoms with van der Waals surface area (Å²) >= 11 is 0. The molecule has 1 aliphatic heterocycles. The molecule has 0 unspecified atom stereocenters. The molecule has 5 aromatic rings. The third-order valence-corrected chi connectivity index (χ3v) is 7.17. The first-order chi connectivity index (χ1) is 17.7. The summed E-state index contributed by atoms with van der Waals surface area (Å²) in [5, 5.41) is 2.35. The van der Waals surface area contributed by atoms with Gasteiger partial charge in [-0.25, -0.2) is 0 Å². The average Bonchev–Trinajstić information content (AvgIpc) is 3.45. The van der Waals surface area contributed by atoms with Crippen molar-refractivity contribution in [3.05, 3.63) is 95.2 Å². The summed E-state index contributed by atoms with van der Waals surface area (Å²) in [6, 6.07) is 26.9. The van der Waals surface area contributed by atoms with Crippen molar-refractivity contribution in [3.63, 3.8) is 0 Å². The molecule has 194 valence electrons. The Hall–Kier alpha value is -3.23. The van der Waals surface area contributed by atoms with Crippen molar-refractivity contribution >= 4 is 27.7 Å². The van der Waals surface area contributed by atoms with Gasteiger partial charge in [-0.1, -0.05) is 69.8 Å². The second kappa shape index (κ2) is 9.82. The van der Waals surface area contributed by atoms with Crippen LogP contribution in [0.3, 0.4) is 0 Å². The Morgan fingerprint density at radius 2 is 1.74 bits per heavy atom. The summed E-state index contributed by atoms with van der Waals surface area (Å²) in [5.74, 6) is 0.680. The number of para-hydroxylation sites is 1. The van der Waals surface area contributed by atoms with Crippen LogP contribution in [0.1, 0.15) is 49.9 Å². The van der Waals surface area contributed by atoms with Crippen LogP contribution in [-0.2, 0) is 31.2 Å². The molecule has 38 heavy (non-hydrogen) atoms. The van der Waals surface area contributed by atoms with Gasteiger partial charge in [0.25, 0.3) is 0 Å². The van der Waals surface area contributed by atoms with Gasteiger partial charge in [0.05, 0.1) is 12.6 Å². The number of aliphatic imine (C=N–C) groups is 1. The quantitative estimate of drug-likeness (QED) is 0.185. The molecule has 0 saturated heterocycles. The number of ether oxygens (including phenoxy) is 1. The molecule has 0 fully saturated rings. The molecule has 1 aliphatic rings. The molecule has 0 amide bonds. The molecule has 0 spiro atoms. The van der Waals surface area contributed by atoms with Crippen LogP contribution in [0.5, 0.6) is 0 Å². The van der Waals surface area contributed by atoms with Crippen LogP contribution in [0.4, 0.5) is 0 Å². The molecule has 5 heteroatoms. The van der Waals surface area contributed by atoms with Gasteiger partial charge in [0.2, 0.25) is 0 Å². The number of nitrogens with zero attached hydrogens (tertiary/aromatic N) is 3. The van der Waals surface area contributed by atoms with Crippen molar-refractivity contribution in [1.82, 2.24) is 9.55 Å². The van der Waals surface area contributed by atoms with Crippen LogP contribution in [0.25, 0.3) is 38.8 Å². The second-order valence-electron chi connectivity index (χ2n) is 11.1. The van der Waals surface area contributed by atoms with Crippen LogP contribution >= 0.6 is 0 Å². The number of aryl methyl sites for hydroxylation is 2. The van der Waals surface area contributed by atoms with Crippen LogP contribution in [0, 0.1) is 26.0 Å². The number of rotatable bonds is 3. The standard InChI is InChI=1S/C33H31N3O.Pt/c1-20-15-21(2)30(18-27(20)32-35-22(3)19-37-32)36-29-10-8-7-9-25(29)26-12-11-23(16-31(26)36)28-17-24(13-14-34-28)33(4,5)6;/h7-15,17,22H,19H2,1-6H3;/q-2;+2/t22-;/m1./s1. The van der Waals surface area contributed by atoms with Crippen LogP contribution in [0.2, 0.25) is 0 Å². The van der Waals surface area contributed by atoms with E-state index < -0.39 is 0 Å². The first-order valence-corrected chi connectivity index (χ1v) is 12.9. The summed E-state index contributed by atoms with van der Waals surface area (Å²) < 4.78 is 8.21. The second-order valence-corrected chi connectivity index (χ2v) is 11.1. The first kappa shape index (κ1) is 26.4. The smallest absolute Gasteiger partial charge is 0.518 e. The van der Waals surface area contributed by atoms with E-state index >= 15 is 0 Å². The van der Waals surface area contributed by atoms with Crippen molar-refractivity contribution in [2.75, 3.05) is 6.61 Å². The number of aromatic nitrogens is 2. The fourth-order valence-electron chi connectivity index (χ4n) is 5.16. The Labute approximate surface area is 239 Å². The molecule has 3 heterocycles. The minimum Gasteiger partial charge on any atom is -0.518 e. The van der Waals surface area contributed by atoms with E-state index in [-0.39, 0.29) is 32.5 Å². The number of hydrogen-bond acceptors (Lipinski definition) is 3. The summed E-state index contributed by atoms with van der Waals surface area (Å²) in [4.78, 5) is 9.42. The van der Waals surface area contributed by atoms with Crippen molar-refractivity contribution < 1.29 is 25.8 Å². The van der Waals surface area contributed by atoms with E-state index in [2.05, 4.69) is 113 Å². The maximum Gasteiger partial charge on any atom is 2.00 e. The molecule has 4 nitrogen and oxygen atoms in total. The van der Waals surface area contributed by atoms with Gasteiger partial charge in [-0.15, -0.1) is 47.0 Å². The Balaban J connectivity index is 0.00000294. The average molecular weight is 681 g/mol. The molecule has 0 aliphatic carbocycles.